The first-order chi connectivity index (χ1) is 29.2. The molecule has 0 saturated carbocycles. The smallest absolute Gasteiger partial charge is 0.208 e. The Morgan fingerprint density at radius 1 is 0.633 bits per heavy atom. The van der Waals surface area contributed by atoms with Gasteiger partial charge < -0.3 is 35.0 Å². The molecule has 1 aliphatic rings. The molecule has 1 aliphatic carbocycles. The maximum absolute atomic E-state index is 11.1. The molecule has 7 heteroatoms. The Morgan fingerprint density at radius 2 is 1.32 bits per heavy atom. The fourth-order valence-electron chi connectivity index (χ4n) is 8.38. The van der Waals surface area contributed by atoms with Crippen LogP contribution < -0.4 is 4.90 Å². The maximum Gasteiger partial charge on any atom is 0.208 e. The molecule has 0 fully saturated rings. The van der Waals surface area contributed by atoms with E-state index in [-0.39, 0.29) is 5.69 Å². The lowest BCUT2D eigenvalue weighted by atomic mass is 9.97. The number of aryl methyl sites for hydroxylation is 1. The zero-order valence-electron chi connectivity index (χ0n) is 33.1. The average molecular weight is 787 g/mol. The molecule has 1 heterocycles. The van der Waals surface area contributed by atoms with E-state index in [2.05, 4.69) is 133 Å². The van der Waals surface area contributed by atoms with Crippen molar-refractivity contribution >= 4 is 55.6 Å². The number of para-hydroxylation sites is 1. The highest BCUT2D eigenvalue weighted by atomic mass is 16.4. The molecule has 294 valence electrons. The molecule has 0 saturated heterocycles. The molecule has 1 aromatic heterocycles. The van der Waals surface area contributed by atoms with Gasteiger partial charge in [-0.15, -0.1) is 0 Å². The van der Waals surface area contributed by atoms with Crippen LogP contribution in [0.3, 0.4) is 0 Å². The number of fused-ring (bicyclic) bond motifs is 4. The highest BCUT2D eigenvalue weighted by Gasteiger charge is 2.28. The zero-order valence-corrected chi connectivity index (χ0v) is 33.1. The number of aromatic hydroxyl groups is 5. The minimum Gasteiger partial charge on any atom is -0.503 e. The van der Waals surface area contributed by atoms with Crippen molar-refractivity contribution in [3.63, 3.8) is 0 Å². The summed E-state index contributed by atoms with van der Waals surface area (Å²) < 4.78 is 1.59. The monoisotopic (exact) mass is 786 g/mol. The van der Waals surface area contributed by atoms with Crippen LogP contribution in [0.5, 0.6) is 28.7 Å². The van der Waals surface area contributed by atoms with Gasteiger partial charge in [-0.05, 0) is 95.1 Å². The first-order valence-electron chi connectivity index (χ1n) is 19.8. The van der Waals surface area contributed by atoms with Crippen molar-refractivity contribution < 1.29 is 25.5 Å². The summed E-state index contributed by atoms with van der Waals surface area (Å²) in [4.78, 5) is 2.33. The molecular weight excluding hydrogens is 745 g/mol. The summed E-state index contributed by atoms with van der Waals surface area (Å²) in [5.74, 6) is -4.42. The largest absolute Gasteiger partial charge is 0.503 e. The van der Waals surface area contributed by atoms with Gasteiger partial charge in [0.15, 0.2) is 11.5 Å². The number of anilines is 2. The summed E-state index contributed by atoms with van der Waals surface area (Å²) >= 11 is 0. The van der Waals surface area contributed by atoms with Crippen molar-refractivity contribution in [2.45, 2.75) is 20.3 Å². The van der Waals surface area contributed by atoms with Crippen molar-refractivity contribution in [3.8, 4) is 45.6 Å². The third-order valence-electron chi connectivity index (χ3n) is 11.1. The number of nitrogens with zero attached hydrogens (tertiary/aromatic N) is 2. The summed E-state index contributed by atoms with van der Waals surface area (Å²) in [6.07, 6.45) is 17.4. The molecule has 7 nitrogen and oxygen atoms in total. The number of aromatic nitrogens is 1. The van der Waals surface area contributed by atoms with E-state index in [9.17, 15) is 25.5 Å². The molecule has 0 aliphatic heterocycles. The van der Waals surface area contributed by atoms with Gasteiger partial charge in [0.05, 0.1) is 16.7 Å². The van der Waals surface area contributed by atoms with Crippen molar-refractivity contribution in [3.05, 3.63) is 192 Å². The standard InChI is InChI=1S/C53H42N2O5/c1-3-4-5-14-34-29-33(2)30-38(31-34)35-25-27-39(28-26-35)54(44-23-12-17-36-15-7-9-19-41(36)44)40-18-8-6-16-37(32-40)42-21-13-24-46-47(42)43-20-10-11-22-45(43)55(46)48-49(56)51(58)53(60)52(59)50(48)57/h3-17,19-32,56-60H,18H2,1-2H3/b4-3-,14-5-. The Bertz CT molecular complexity index is 3110. The highest BCUT2D eigenvalue weighted by Crippen LogP contribution is 2.54. The lowest BCUT2D eigenvalue weighted by Crippen LogP contribution is -2.16. The molecule has 60 heavy (non-hydrogen) atoms. The van der Waals surface area contributed by atoms with E-state index in [1.807, 2.05) is 61.5 Å². The SMILES string of the molecule is C/C=C\C=C/c1cc(C)cc(-c2ccc(N(C3=CC(c4cccc5c4c4ccccc4n5-c4c(O)c(O)c(O)c(O)c4O)=CC=CC3)c3cccc4ccccc34)cc2)c1. The summed E-state index contributed by atoms with van der Waals surface area (Å²) in [7, 11) is 0. The maximum atomic E-state index is 11.1. The molecule has 7 aromatic carbocycles. The van der Waals surface area contributed by atoms with Crippen molar-refractivity contribution in [2.24, 2.45) is 0 Å². The number of rotatable bonds is 8. The topological polar surface area (TPSA) is 109 Å². The van der Waals surface area contributed by atoms with Crippen LogP contribution in [-0.2, 0) is 0 Å². The fourth-order valence-corrected chi connectivity index (χ4v) is 8.38. The Labute approximate surface area is 347 Å². The van der Waals surface area contributed by atoms with Gasteiger partial charge >= 0.3 is 0 Å². The molecule has 8 aromatic rings. The molecule has 0 bridgehead atoms. The minimum atomic E-state index is -1.01. The first-order valence-corrected chi connectivity index (χ1v) is 19.8. The second-order valence-electron chi connectivity index (χ2n) is 14.9. The highest BCUT2D eigenvalue weighted by molar-refractivity contribution is 6.15. The number of allylic oxidation sites excluding steroid dienone is 8. The van der Waals surface area contributed by atoms with E-state index in [1.54, 1.807) is 4.57 Å². The predicted molar refractivity (Wildman–Crippen MR) is 245 cm³/mol. The van der Waals surface area contributed by atoms with Gasteiger partial charge in [-0.2, -0.15) is 0 Å². The average Bonchev–Trinajstić information content (AvgIpc) is 3.41. The van der Waals surface area contributed by atoms with Crippen LogP contribution in [0.25, 0.3) is 61.0 Å². The number of hydrogen-bond acceptors (Lipinski definition) is 6. The van der Waals surface area contributed by atoms with Gasteiger partial charge in [-0.3, -0.25) is 0 Å². The molecule has 9 rings (SSSR count). The zero-order chi connectivity index (χ0) is 41.5. The second-order valence-corrected chi connectivity index (χ2v) is 14.9. The molecule has 0 amide bonds. The number of hydrogen-bond donors (Lipinski definition) is 5. The van der Waals surface area contributed by atoms with E-state index in [4.69, 9.17) is 0 Å². The van der Waals surface area contributed by atoms with Crippen molar-refractivity contribution in [1.82, 2.24) is 4.57 Å². The lowest BCUT2D eigenvalue weighted by molar-refractivity contribution is 0.327. The Morgan fingerprint density at radius 3 is 2.10 bits per heavy atom. The Hall–Kier alpha value is -7.90. The molecule has 0 atom stereocenters. The van der Waals surface area contributed by atoms with E-state index in [0.29, 0.717) is 17.5 Å². The summed E-state index contributed by atoms with van der Waals surface area (Å²) in [5.41, 5.74) is 10.5. The van der Waals surface area contributed by atoms with Crippen LogP contribution in [0.1, 0.15) is 30.0 Å². The van der Waals surface area contributed by atoms with Gasteiger partial charge in [0, 0.05) is 34.0 Å². The third kappa shape index (κ3) is 6.52. The molecule has 0 spiro atoms. The van der Waals surface area contributed by atoms with Crippen LogP contribution in [0.2, 0.25) is 0 Å². The minimum absolute atomic E-state index is 0.255. The lowest BCUT2D eigenvalue weighted by Gasteiger charge is -2.29. The van der Waals surface area contributed by atoms with E-state index in [1.165, 1.54) is 5.56 Å². The normalized spacial score (nSPS) is 13.1. The van der Waals surface area contributed by atoms with Crippen molar-refractivity contribution in [2.75, 3.05) is 4.90 Å². The predicted octanol–water partition coefficient (Wildman–Crippen LogP) is 13.1. The fraction of sp³-hybridized carbons (Fsp3) is 0.0566. The molecule has 0 radical (unpaired) electrons. The van der Waals surface area contributed by atoms with Crippen molar-refractivity contribution in [1.29, 1.82) is 0 Å². The van der Waals surface area contributed by atoms with Crippen LogP contribution in [0, 0.1) is 6.92 Å². The molecule has 5 N–H and O–H groups in total. The third-order valence-corrected chi connectivity index (χ3v) is 11.1. The second kappa shape index (κ2) is 15.5. The van der Waals surface area contributed by atoms with Gasteiger partial charge in [-0.25, -0.2) is 0 Å². The quantitative estimate of drug-likeness (QED) is 0.0596. The van der Waals surface area contributed by atoms with E-state index in [0.717, 1.165) is 66.4 Å². The summed E-state index contributed by atoms with van der Waals surface area (Å²) in [5, 5.41) is 57.5. The summed E-state index contributed by atoms with van der Waals surface area (Å²) in [6.45, 7) is 4.13. The number of phenolic OH excluding ortho intramolecular Hbond substituents is 5. The summed E-state index contributed by atoms with van der Waals surface area (Å²) in [6, 6.07) is 43.5. The van der Waals surface area contributed by atoms with Crippen LogP contribution >= 0.6 is 0 Å². The van der Waals surface area contributed by atoms with E-state index < -0.39 is 28.7 Å². The van der Waals surface area contributed by atoms with E-state index >= 15 is 0 Å². The van der Waals surface area contributed by atoms with Gasteiger partial charge in [0.1, 0.15) is 5.69 Å². The van der Waals surface area contributed by atoms with Crippen LogP contribution in [0.4, 0.5) is 11.4 Å². The van der Waals surface area contributed by atoms with Gasteiger partial charge in [0.2, 0.25) is 17.2 Å². The Kier molecular flexibility index (Phi) is 9.70. The van der Waals surface area contributed by atoms with Crippen LogP contribution in [0.15, 0.2) is 176 Å². The molecular formula is C53H42N2O5. The number of benzene rings is 7. The van der Waals surface area contributed by atoms with Gasteiger partial charge in [-0.1, -0.05) is 134 Å². The Balaban J connectivity index is 1.22. The van der Waals surface area contributed by atoms with Gasteiger partial charge in [0.25, 0.3) is 0 Å². The first kappa shape index (κ1) is 37.7. The number of phenols is 5. The molecule has 0 unspecified atom stereocenters. The van der Waals surface area contributed by atoms with Crippen LogP contribution in [-0.4, -0.2) is 30.1 Å².